The number of aliphatic hydroxyl groups is 2. The molecule has 0 aromatic rings. The van der Waals surface area contributed by atoms with Crippen molar-refractivity contribution in [1.82, 2.24) is 4.90 Å². The zero-order valence-electron chi connectivity index (χ0n) is 18.8. The molecule has 5 atom stereocenters. The number of rotatable bonds is 12. The quantitative estimate of drug-likeness (QED) is 0.335. The maximum Gasteiger partial charge on any atom is 0.0721 e. The molecule has 2 N–H and O–H groups in total. The molecule has 2 fully saturated rings. The van der Waals surface area contributed by atoms with Gasteiger partial charge in [0.05, 0.1) is 12.2 Å². The monoisotopic (exact) mass is 403 g/mol. The first-order valence-electron chi connectivity index (χ1n) is 12.6. The molecule has 0 bridgehead atoms. The maximum absolute atomic E-state index is 10.5. The fraction of sp³-hybridized carbons (Fsp3) is 0.846. The van der Waals surface area contributed by atoms with Gasteiger partial charge in [-0.2, -0.15) is 0 Å². The van der Waals surface area contributed by atoms with Crippen LogP contribution in [0.2, 0.25) is 0 Å². The third-order valence-corrected chi connectivity index (χ3v) is 7.53. The van der Waals surface area contributed by atoms with Crippen molar-refractivity contribution in [3.05, 3.63) is 23.8 Å². The van der Waals surface area contributed by atoms with Crippen LogP contribution in [0.3, 0.4) is 0 Å². The van der Waals surface area contributed by atoms with Gasteiger partial charge in [0.1, 0.15) is 0 Å². The van der Waals surface area contributed by atoms with Crippen LogP contribution in [0.25, 0.3) is 0 Å². The number of unbranched alkanes of at least 4 members (excludes halogenated alkanes) is 4. The second kappa shape index (κ2) is 12.3. The van der Waals surface area contributed by atoms with E-state index in [9.17, 15) is 10.2 Å². The minimum atomic E-state index is -0.346. The van der Waals surface area contributed by atoms with Crippen molar-refractivity contribution in [3.63, 3.8) is 0 Å². The van der Waals surface area contributed by atoms with E-state index >= 15 is 0 Å². The standard InChI is InChI=1S/C26H45NO2/c1-2-3-6-12-23(28)13-14-24-25-19-21(18-22(25)20-26(24)29)11-7-4-8-15-27-16-9-5-10-17-27/h13-14,18,22-26,28-29H,2-12,15-17,19-20H2,1H3/t22-,23-,24+,25-,26+/m0/s1. The minimum Gasteiger partial charge on any atom is -0.392 e. The molecule has 166 valence electrons. The summed E-state index contributed by atoms with van der Waals surface area (Å²) in [7, 11) is 0. The predicted molar refractivity (Wildman–Crippen MR) is 122 cm³/mol. The average molecular weight is 404 g/mol. The summed E-state index contributed by atoms with van der Waals surface area (Å²) >= 11 is 0. The van der Waals surface area contributed by atoms with Crippen LogP contribution in [0.4, 0.5) is 0 Å². The highest BCUT2D eigenvalue weighted by Crippen LogP contribution is 2.48. The molecule has 1 saturated heterocycles. The summed E-state index contributed by atoms with van der Waals surface area (Å²) in [6.07, 6.45) is 21.9. The molecule has 3 aliphatic rings. The van der Waals surface area contributed by atoms with Crippen LogP contribution >= 0.6 is 0 Å². The molecule has 0 aromatic carbocycles. The van der Waals surface area contributed by atoms with E-state index in [4.69, 9.17) is 0 Å². The van der Waals surface area contributed by atoms with Crippen LogP contribution in [0.15, 0.2) is 23.8 Å². The first-order valence-corrected chi connectivity index (χ1v) is 12.6. The highest BCUT2D eigenvalue weighted by molar-refractivity contribution is 5.21. The van der Waals surface area contributed by atoms with Gasteiger partial charge in [0.2, 0.25) is 0 Å². The van der Waals surface area contributed by atoms with Crippen LogP contribution < -0.4 is 0 Å². The summed E-state index contributed by atoms with van der Waals surface area (Å²) in [5, 5.41) is 20.7. The highest BCUT2D eigenvalue weighted by atomic mass is 16.3. The molecule has 0 unspecified atom stereocenters. The van der Waals surface area contributed by atoms with Gasteiger partial charge in [-0.15, -0.1) is 0 Å². The van der Waals surface area contributed by atoms with Gasteiger partial charge in [0, 0.05) is 5.92 Å². The van der Waals surface area contributed by atoms with Crippen LogP contribution in [0.5, 0.6) is 0 Å². The lowest BCUT2D eigenvalue weighted by Crippen LogP contribution is -2.30. The zero-order chi connectivity index (χ0) is 20.5. The van der Waals surface area contributed by atoms with Crippen molar-refractivity contribution in [2.75, 3.05) is 19.6 Å². The fourth-order valence-electron chi connectivity index (χ4n) is 5.79. The van der Waals surface area contributed by atoms with E-state index < -0.39 is 0 Å². The van der Waals surface area contributed by atoms with Gasteiger partial charge in [0.25, 0.3) is 0 Å². The first-order chi connectivity index (χ1) is 14.2. The number of allylic oxidation sites excluding steroid dienone is 2. The van der Waals surface area contributed by atoms with Gasteiger partial charge in [-0.3, -0.25) is 0 Å². The molecule has 1 aliphatic heterocycles. The smallest absolute Gasteiger partial charge is 0.0721 e. The van der Waals surface area contributed by atoms with Gasteiger partial charge in [-0.05, 0) is 82.8 Å². The Balaban J connectivity index is 1.34. The number of piperidine rings is 1. The molecule has 0 spiro atoms. The molecule has 0 amide bonds. The van der Waals surface area contributed by atoms with Crippen LogP contribution in [-0.4, -0.2) is 47.0 Å². The number of nitrogens with zero attached hydrogens (tertiary/aromatic N) is 1. The molecule has 3 nitrogen and oxygen atoms in total. The van der Waals surface area contributed by atoms with Crippen LogP contribution in [0, 0.1) is 17.8 Å². The van der Waals surface area contributed by atoms with Gasteiger partial charge >= 0.3 is 0 Å². The summed E-state index contributed by atoms with van der Waals surface area (Å²) in [6, 6.07) is 0. The lowest BCUT2D eigenvalue weighted by Gasteiger charge is -2.26. The Morgan fingerprint density at radius 1 is 1.10 bits per heavy atom. The van der Waals surface area contributed by atoms with Crippen molar-refractivity contribution < 1.29 is 10.2 Å². The number of likely N-dealkylation sites (tertiary alicyclic amines) is 1. The number of aliphatic hydroxyl groups excluding tert-OH is 2. The van der Waals surface area contributed by atoms with E-state index in [1.54, 1.807) is 5.57 Å². The van der Waals surface area contributed by atoms with E-state index in [1.807, 2.05) is 6.08 Å². The van der Waals surface area contributed by atoms with Gasteiger partial charge in [-0.25, -0.2) is 0 Å². The summed E-state index contributed by atoms with van der Waals surface area (Å²) in [6.45, 7) is 6.12. The van der Waals surface area contributed by atoms with Crippen molar-refractivity contribution in [2.45, 2.75) is 103 Å². The predicted octanol–water partition coefficient (Wildman–Crippen LogP) is 5.47. The molecule has 3 heteroatoms. The molecule has 1 heterocycles. The van der Waals surface area contributed by atoms with E-state index in [0.717, 1.165) is 25.7 Å². The molecule has 3 rings (SSSR count). The largest absolute Gasteiger partial charge is 0.392 e. The summed E-state index contributed by atoms with van der Waals surface area (Å²) < 4.78 is 0. The van der Waals surface area contributed by atoms with Crippen molar-refractivity contribution in [2.24, 2.45) is 17.8 Å². The third-order valence-electron chi connectivity index (χ3n) is 7.53. The molecular formula is C26H45NO2. The van der Waals surface area contributed by atoms with Gasteiger partial charge in [0.15, 0.2) is 0 Å². The van der Waals surface area contributed by atoms with E-state index in [0.29, 0.717) is 11.8 Å². The summed E-state index contributed by atoms with van der Waals surface area (Å²) in [5.74, 6) is 1.35. The Bertz CT molecular complexity index is 523. The lowest BCUT2D eigenvalue weighted by molar-refractivity contribution is 0.139. The molecule has 1 saturated carbocycles. The Hall–Kier alpha value is -0.640. The average Bonchev–Trinajstić information content (AvgIpc) is 3.23. The van der Waals surface area contributed by atoms with E-state index in [-0.39, 0.29) is 18.1 Å². The second-order valence-electron chi connectivity index (χ2n) is 9.90. The molecule has 0 aromatic heterocycles. The zero-order valence-corrected chi connectivity index (χ0v) is 18.8. The molecule has 0 radical (unpaired) electrons. The Labute approximate surface area is 179 Å². The fourth-order valence-corrected chi connectivity index (χ4v) is 5.79. The van der Waals surface area contributed by atoms with E-state index in [1.165, 1.54) is 77.4 Å². The van der Waals surface area contributed by atoms with Crippen molar-refractivity contribution in [1.29, 1.82) is 0 Å². The van der Waals surface area contributed by atoms with Gasteiger partial charge in [-0.1, -0.05) is 62.8 Å². The second-order valence-corrected chi connectivity index (χ2v) is 9.90. The third kappa shape index (κ3) is 7.22. The maximum atomic E-state index is 10.5. The van der Waals surface area contributed by atoms with Crippen LogP contribution in [-0.2, 0) is 0 Å². The SMILES string of the molecule is CCCCC[C@H](O)C=C[C@@H]1[C@H]2CC(CCCCCN3CCCCC3)=C[C@H]2C[C@H]1O. The van der Waals surface area contributed by atoms with E-state index in [2.05, 4.69) is 24.0 Å². The molecule has 2 aliphatic carbocycles. The Morgan fingerprint density at radius 3 is 2.72 bits per heavy atom. The van der Waals surface area contributed by atoms with Crippen LogP contribution in [0.1, 0.15) is 90.4 Å². The van der Waals surface area contributed by atoms with Crippen molar-refractivity contribution >= 4 is 0 Å². The molecule has 29 heavy (non-hydrogen) atoms. The number of fused-ring (bicyclic) bond motifs is 1. The Kier molecular flexibility index (Phi) is 9.75. The number of hydrogen-bond donors (Lipinski definition) is 2. The van der Waals surface area contributed by atoms with Gasteiger partial charge < -0.3 is 15.1 Å². The summed E-state index contributed by atoms with van der Waals surface area (Å²) in [5.41, 5.74) is 1.63. The normalized spacial score (nSPS) is 31.3. The topological polar surface area (TPSA) is 43.7 Å². The Morgan fingerprint density at radius 2 is 1.93 bits per heavy atom. The highest BCUT2D eigenvalue weighted by Gasteiger charge is 2.43. The number of hydrogen-bond acceptors (Lipinski definition) is 3. The summed E-state index contributed by atoms with van der Waals surface area (Å²) in [4.78, 5) is 2.65. The first kappa shape index (κ1) is 23.0. The lowest BCUT2D eigenvalue weighted by atomic mass is 9.88. The molecular weight excluding hydrogens is 358 g/mol. The minimum absolute atomic E-state index is 0.230. The van der Waals surface area contributed by atoms with Crippen molar-refractivity contribution in [3.8, 4) is 0 Å².